The number of aromatic nitrogens is 1. The van der Waals surface area contributed by atoms with Crippen molar-refractivity contribution in [1.29, 1.82) is 0 Å². The molecule has 3 aromatic rings. The van der Waals surface area contributed by atoms with E-state index in [0.717, 1.165) is 29.0 Å². The van der Waals surface area contributed by atoms with E-state index in [1.54, 1.807) is 19.4 Å². The van der Waals surface area contributed by atoms with Gasteiger partial charge in [0.05, 0.1) is 24.6 Å². The Balaban J connectivity index is 1.51. The molecule has 0 saturated heterocycles. The summed E-state index contributed by atoms with van der Waals surface area (Å²) in [4.78, 5) is 16.6. The number of carbonyl (C=O) groups is 1. The number of carbonyl (C=O) groups excluding carboxylic acids is 1. The Hall–Kier alpha value is -2.86. The normalized spacial score (nSPS) is 10.3. The van der Waals surface area contributed by atoms with Gasteiger partial charge in [0.25, 0.3) is 5.91 Å². The largest absolute Gasteiger partial charge is 0.497 e. The third kappa shape index (κ3) is 5.31. The van der Waals surface area contributed by atoms with Crippen molar-refractivity contribution in [2.45, 2.75) is 6.42 Å². The first-order valence-electron chi connectivity index (χ1n) is 8.54. The van der Waals surface area contributed by atoms with Gasteiger partial charge in [0.15, 0.2) is 0 Å². The maximum atomic E-state index is 12.3. The van der Waals surface area contributed by atoms with E-state index in [2.05, 4.69) is 31.5 Å². The first-order chi connectivity index (χ1) is 13.2. The molecule has 5 nitrogen and oxygen atoms in total. The number of rotatable bonds is 7. The SMILES string of the molecule is COc1ccc(CCNc2ccc(NC(=O)c3ccccc3Br)cn2)cc1. The van der Waals surface area contributed by atoms with Crippen LogP contribution in [0.25, 0.3) is 0 Å². The van der Waals surface area contributed by atoms with Crippen molar-refractivity contribution < 1.29 is 9.53 Å². The Bertz CT molecular complexity index is 896. The van der Waals surface area contributed by atoms with Crippen LogP contribution in [0.1, 0.15) is 15.9 Å². The minimum atomic E-state index is -0.176. The molecule has 1 amide bonds. The summed E-state index contributed by atoms with van der Waals surface area (Å²) in [6, 6.07) is 19.0. The quantitative estimate of drug-likeness (QED) is 0.572. The number of methoxy groups -OCH3 is 1. The molecule has 138 valence electrons. The summed E-state index contributed by atoms with van der Waals surface area (Å²) in [5.41, 5.74) is 2.45. The first-order valence-corrected chi connectivity index (χ1v) is 9.34. The fraction of sp³-hybridized carbons (Fsp3) is 0.143. The average molecular weight is 426 g/mol. The Morgan fingerprint density at radius 2 is 1.85 bits per heavy atom. The minimum Gasteiger partial charge on any atom is -0.497 e. The second-order valence-electron chi connectivity index (χ2n) is 5.89. The van der Waals surface area contributed by atoms with Crippen molar-refractivity contribution in [3.63, 3.8) is 0 Å². The molecule has 0 aliphatic heterocycles. The van der Waals surface area contributed by atoms with Gasteiger partial charge in [0.2, 0.25) is 0 Å². The molecule has 0 unspecified atom stereocenters. The Morgan fingerprint density at radius 3 is 2.52 bits per heavy atom. The van der Waals surface area contributed by atoms with Crippen molar-refractivity contribution in [1.82, 2.24) is 4.98 Å². The second kappa shape index (κ2) is 9.19. The smallest absolute Gasteiger partial charge is 0.256 e. The van der Waals surface area contributed by atoms with E-state index in [-0.39, 0.29) is 5.91 Å². The molecule has 3 rings (SSSR count). The van der Waals surface area contributed by atoms with Crippen molar-refractivity contribution in [2.75, 3.05) is 24.3 Å². The zero-order valence-electron chi connectivity index (χ0n) is 14.9. The molecule has 1 aromatic heterocycles. The molecular formula is C21H20BrN3O2. The van der Waals surface area contributed by atoms with Gasteiger partial charge in [-0.2, -0.15) is 0 Å². The van der Waals surface area contributed by atoms with Crippen LogP contribution in [0.3, 0.4) is 0 Å². The van der Waals surface area contributed by atoms with E-state index in [1.807, 2.05) is 54.6 Å². The highest BCUT2D eigenvalue weighted by Crippen LogP contribution is 2.18. The molecule has 0 bridgehead atoms. The molecule has 0 fully saturated rings. The summed E-state index contributed by atoms with van der Waals surface area (Å²) in [6.07, 6.45) is 2.52. The van der Waals surface area contributed by atoms with Crippen LogP contribution in [0.5, 0.6) is 5.75 Å². The van der Waals surface area contributed by atoms with E-state index < -0.39 is 0 Å². The molecule has 1 heterocycles. The third-order valence-electron chi connectivity index (χ3n) is 4.02. The van der Waals surface area contributed by atoms with Crippen LogP contribution in [-0.4, -0.2) is 24.5 Å². The van der Waals surface area contributed by atoms with E-state index in [4.69, 9.17) is 4.74 Å². The van der Waals surface area contributed by atoms with Crippen molar-refractivity contribution in [2.24, 2.45) is 0 Å². The van der Waals surface area contributed by atoms with Gasteiger partial charge in [-0.25, -0.2) is 4.98 Å². The second-order valence-corrected chi connectivity index (χ2v) is 6.75. The Labute approximate surface area is 166 Å². The predicted octanol–water partition coefficient (Wildman–Crippen LogP) is 4.76. The van der Waals surface area contributed by atoms with Gasteiger partial charge in [-0.05, 0) is 64.3 Å². The fourth-order valence-electron chi connectivity index (χ4n) is 2.54. The molecule has 0 aliphatic rings. The van der Waals surface area contributed by atoms with E-state index >= 15 is 0 Å². The molecular weight excluding hydrogens is 406 g/mol. The van der Waals surface area contributed by atoms with Crippen LogP contribution in [0.4, 0.5) is 11.5 Å². The van der Waals surface area contributed by atoms with Crippen LogP contribution >= 0.6 is 15.9 Å². The maximum absolute atomic E-state index is 12.3. The van der Waals surface area contributed by atoms with Crippen LogP contribution in [0.15, 0.2) is 71.3 Å². The van der Waals surface area contributed by atoms with Gasteiger partial charge in [0, 0.05) is 11.0 Å². The van der Waals surface area contributed by atoms with Crippen LogP contribution in [-0.2, 0) is 6.42 Å². The standard InChI is InChI=1S/C21H20BrN3O2/c1-27-17-9-6-15(7-10-17)12-13-23-20-11-8-16(14-24-20)25-21(26)18-4-2-3-5-19(18)22/h2-11,14H,12-13H2,1H3,(H,23,24)(H,25,26). The average Bonchev–Trinajstić information content (AvgIpc) is 2.70. The number of nitrogens with zero attached hydrogens (tertiary/aromatic N) is 1. The van der Waals surface area contributed by atoms with Gasteiger partial charge >= 0.3 is 0 Å². The molecule has 0 saturated carbocycles. The molecule has 0 spiro atoms. The number of nitrogens with one attached hydrogen (secondary N) is 2. The van der Waals surface area contributed by atoms with E-state index in [9.17, 15) is 4.79 Å². The lowest BCUT2D eigenvalue weighted by molar-refractivity contribution is 0.102. The van der Waals surface area contributed by atoms with E-state index in [1.165, 1.54) is 5.56 Å². The first kappa shape index (κ1) is 18.9. The molecule has 6 heteroatoms. The number of hydrogen-bond acceptors (Lipinski definition) is 4. The highest BCUT2D eigenvalue weighted by Gasteiger charge is 2.09. The molecule has 2 aromatic carbocycles. The van der Waals surface area contributed by atoms with Crippen molar-refractivity contribution in [3.05, 3.63) is 82.5 Å². The number of halogens is 1. The van der Waals surface area contributed by atoms with E-state index in [0.29, 0.717) is 11.3 Å². The molecule has 0 atom stereocenters. The monoisotopic (exact) mass is 425 g/mol. The highest BCUT2D eigenvalue weighted by atomic mass is 79.9. The summed E-state index contributed by atoms with van der Waals surface area (Å²) in [5.74, 6) is 1.44. The van der Waals surface area contributed by atoms with Gasteiger partial charge in [-0.1, -0.05) is 24.3 Å². The number of benzene rings is 2. The van der Waals surface area contributed by atoms with Crippen LogP contribution in [0, 0.1) is 0 Å². The van der Waals surface area contributed by atoms with Gasteiger partial charge in [-0.15, -0.1) is 0 Å². The third-order valence-corrected chi connectivity index (χ3v) is 4.71. The summed E-state index contributed by atoms with van der Waals surface area (Å²) in [6.45, 7) is 0.766. The Morgan fingerprint density at radius 1 is 1.07 bits per heavy atom. The number of pyridine rings is 1. The number of anilines is 2. The topological polar surface area (TPSA) is 63.2 Å². The van der Waals surface area contributed by atoms with Gasteiger partial charge < -0.3 is 15.4 Å². The molecule has 0 aliphatic carbocycles. The number of amides is 1. The fourth-order valence-corrected chi connectivity index (χ4v) is 3.01. The molecule has 27 heavy (non-hydrogen) atoms. The lowest BCUT2D eigenvalue weighted by Crippen LogP contribution is -2.13. The zero-order chi connectivity index (χ0) is 19.1. The lowest BCUT2D eigenvalue weighted by Gasteiger charge is -2.09. The zero-order valence-corrected chi connectivity index (χ0v) is 16.5. The molecule has 0 radical (unpaired) electrons. The molecule has 2 N–H and O–H groups in total. The maximum Gasteiger partial charge on any atom is 0.256 e. The summed E-state index contributed by atoms with van der Waals surface area (Å²) in [7, 11) is 1.66. The van der Waals surface area contributed by atoms with Crippen molar-refractivity contribution in [3.8, 4) is 5.75 Å². The van der Waals surface area contributed by atoms with Gasteiger partial charge in [-0.3, -0.25) is 4.79 Å². The summed E-state index contributed by atoms with van der Waals surface area (Å²) < 4.78 is 5.91. The van der Waals surface area contributed by atoms with Gasteiger partial charge in [0.1, 0.15) is 11.6 Å². The predicted molar refractivity (Wildman–Crippen MR) is 112 cm³/mol. The number of ether oxygens (including phenoxy) is 1. The number of hydrogen-bond donors (Lipinski definition) is 2. The summed E-state index contributed by atoms with van der Waals surface area (Å²) in [5, 5.41) is 6.13. The van der Waals surface area contributed by atoms with Crippen molar-refractivity contribution >= 4 is 33.3 Å². The minimum absolute atomic E-state index is 0.176. The van der Waals surface area contributed by atoms with Crippen LogP contribution in [0.2, 0.25) is 0 Å². The van der Waals surface area contributed by atoms with Crippen LogP contribution < -0.4 is 15.4 Å². The summed E-state index contributed by atoms with van der Waals surface area (Å²) >= 11 is 3.38. The highest BCUT2D eigenvalue weighted by molar-refractivity contribution is 9.10. The Kier molecular flexibility index (Phi) is 6.44. The lowest BCUT2D eigenvalue weighted by atomic mass is 10.1.